The van der Waals surface area contributed by atoms with Crippen molar-refractivity contribution in [2.45, 2.75) is 0 Å². The Morgan fingerprint density at radius 1 is 0.386 bits per heavy atom. The van der Waals surface area contributed by atoms with Crippen molar-refractivity contribution in [3.63, 3.8) is 0 Å². The van der Waals surface area contributed by atoms with E-state index in [4.69, 9.17) is 19.4 Å². The van der Waals surface area contributed by atoms with Gasteiger partial charge in [-0.3, -0.25) is 0 Å². The molecular weight excluding hydrogens is 717 g/mol. The van der Waals surface area contributed by atoms with Crippen LogP contribution in [0.3, 0.4) is 0 Å². The number of hydrogen-bond donors (Lipinski definition) is 0. The summed E-state index contributed by atoms with van der Waals surface area (Å²) in [5.41, 5.74) is 10.0. The predicted octanol–water partition coefficient (Wildman–Crippen LogP) is 13.9. The Labute approximate surface area is 330 Å². The molecule has 5 nitrogen and oxygen atoms in total. The molecule has 12 aromatic rings. The van der Waals surface area contributed by atoms with Gasteiger partial charge in [0.1, 0.15) is 5.58 Å². The number of aromatic nitrogens is 4. The number of thiophene rings is 1. The van der Waals surface area contributed by atoms with Crippen molar-refractivity contribution in [1.29, 1.82) is 0 Å². The Kier molecular flexibility index (Phi) is 7.03. The summed E-state index contributed by atoms with van der Waals surface area (Å²) in [6, 6.07) is 63.8. The van der Waals surface area contributed by atoms with Crippen LogP contribution in [0.25, 0.3) is 115 Å². The van der Waals surface area contributed by atoms with Crippen LogP contribution in [0.4, 0.5) is 0 Å². The third-order valence-corrected chi connectivity index (χ3v) is 12.2. The Morgan fingerprint density at radius 2 is 0.930 bits per heavy atom. The molecule has 0 aliphatic heterocycles. The van der Waals surface area contributed by atoms with E-state index in [0.717, 1.165) is 60.7 Å². The van der Waals surface area contributed by atoms with E-state index in [2.05, 4.69) is 156 Å². The van der Waals surface area contributed by atoms with E-state index in [1.807, 2.05) is 30.3 Å². The molecular formula is C51H30N4OS. The van der Waals surface area contributed by atoms with Gasteiger partial charge >= 0.3 is 0 Å². The van der Waals surface area contributed by atoms with Crippen LogP contribution in [-0.4, -0.2) is 19.5 Å². The van der Waals surface area contributed by atoms with E-state index < -0.39 is 0 Å². The summed E-state index contributed by atoms with van der Waals surface area (Å²) in [6.45, 7) is 0. The highest BCUT2D eigenvalue weighted by Gasteiger charge is 2.20. The molecule has 0 radical (unpaired) electrons. The van der Waals surface area contributed by atoms with E-state index in [-0.39, 0.29) is 0 Å². The minimum absolute atomic E-state index is 0.593. The minimum Gasteiger partial charge on any atom is -0.454 e. The summed E-state index contributed by atoms with van der Waals surface area (Å²) in [5, 5.41) is 6.94. The first-order valence-corrected chi connectivity index (χ1v) is 19.8. The molecule has 4 aromatic heterocycles. The average molecular weight is 747 g/mol. The standard InChI is InChI=1S/C51H30N4OS/c1-3-11-31(12-4-1)32-19-23-36(24-20-32)55-43-17-9-7-15-37(43)41-27-28-42-38-25-21-34(29-44(38)56-48(42)47(41)55)50-52-49(33-13-5-2-6-14-33)53-51(54-50)35-22-26-40-39-16-8-10-18-45(39)57-46(40)30-35/h1-30H. The number of furan rings is 1. The lowest BCUT2D eigenvalue weighted by atomic mass is 10.1. The summed E-state index contributed by atoms with van der Waals surface area (Å²) in [5.74, 6) is 1.85. The molecule has 0 atom stereocenters. The molecule has 0 amide bonds. The van der Waals surface area contributed by atoms with Crippen LogP contribution in [0.1, 0.15) is 0 Å². The fraction of sp³-hybridized carbons (Fsp3) is 0. The van der Waals surface area contributed by atoms with Gasteiger partial charge in [-0.15, -0.1) is 11.3 Å². The summed E-state index contributed by atoms with van der Waals surface area (Å²) < 4.78 is 11.7. The lowest BCUT2D eigenvalue weighted by Gasteiger charge is -2.09. The molecule has 0 aliphatic carbocycles. The lowest BCUT2D eigenvalue weighted by Crippen LogP contribution is -2.00. The first kappa shape index (κ1) is 31.9. The Balaban J connectivity index is 1.03. The largest absolute Gasteiger partial charge is 0.454 e. The molecule has 0 aliphatic rings. The molecule has 0 N–H and O–H groups in total. The van der Waals surface area contributed by atoms with Crippen LogP contribution in [-0.2, 0) is 0 Å². The molecule has 0 fully saturated rings. The highest BCUT2D eigenvalue weighted by atomic mass is 32.1. The number of hydrogen-bond acceptors (Lipinski definition) is 5. The second-order valence-electron chi connectivity index (χ2n) is 14.4. The van der Waals surface area contributed by atoms with Gasteiger partial charge in [0, 0.05) is 64.1 Å². The second-order valence-corrected chi connectivity index (χ2v) is 15.5. The number of rotatable bonds is 5. The Morgan fingerprint density at radius 3 is 1.70 bits per heavy atom. The van der Waals surface area contributed by atoms with Gasteiger partial charge in [0.05, 0.1) is 11.0 Å². The topological polar surface area (TPSA) is 56.7 Å². The van der Waals surface area contributed by atoms with Crippen molar-refractivity contribution in [3.8, 4) is 51.0 Å². The summed E-state index contributed by atoms with van der Waals surface area (Å²) in [4.78, 5) is 15.2. The fourth-order valence-electron chi connectivity index (χ4n) is 8.34. The van der Waals surface area contributed by atoms with Gasteiger partial charge in [-0.2, -0.15) is 0 Å². The van der Waals surface area contributed by atoms with Gasteiger partial charge in [-0.25, -0.2) is 15.0 Å². The van der Waals surface area contributed by atoms with E-state index in [9.17, 15) is 0 Å². The molecule has 8 aromatic carbocycles. The maximum Gasteiger partial charge on any atom is 0.164 e. The van der Waals surface area contributed by atoms with Crippen LogP contribution in [0.5, 0.6) is 0 Å². The molecule has 0 unspecified atom stereocenters. The van der Waals surface area contributed by atoms with E-state index in [1.54, 1.807) is 11.3 Å². The van der Waals surface area contributed by atoms with Gasteiger partial charge < -0.3 is 8.98 Å². The third kappa shape index (κ3) is 5.12. The van der Waals surface area contributed by atoms with Crippen molar-refractivity contribution in [2.75, 3.05) is 0 Å². The number of fused-ring (bicyclic) bond motifs is 10. The molecule has 0 spiro atoms. The Bertz CT molecular complexity index is 3510. The quantitative estimate of drug-likeness (QED) is 0.176. The fourth-order valence-corrected chi connectivity index (χ4v) is 9.48. The summed E-state index contributed by atoms with van der Waals surface area (Å²) >= 11 is 1.79. The number of para-hydroxylation sites is 1. The van der Waals surface area contributed by atoms with Crippen LogP contribution < -0.4 is 0 Å². The zero-order valence-electron chi connectivity index (χ0n) is 30.4. The molecule has 266 valence electrons. The van der Waals surface area contributed by atoms with Gasteiger partial charge in [-0.1, -0.05) is 133 Å². The van der Waals surface area contributed by atoms with Crippen molar-refractivity contribution in [3.05, 3.63) is 182 Å². The van der Waals surface area contributed by atoms with Crippen LogP contribution in [0.15, 0.2) is 186 Å². The summed E-state index contributed by atoms with van der Waals surface area (Å²) in [6.07, 6.45) is 0. The highest BCUT2D eigenvalue weighted by molar-refractivity contribution is 7.25. The molecule has 0 saturated heterocycles. The van der Waals surface area contributed by atoms with E-state index in [1.165, 1.54) is 36.7 Å². The zero-order valence-corrected chi connectivity index (χ0v) is 31.2. The SMILES string of the molecule is c1ccc(-c2ccc(-n3c4ccccc4c4ccc5c6ccc(-c7nc(-c8ccccc8)nc(-c8ccc9c(c8)sc8ccccc89)n7)cc6oc5c43)cc2)cc1. The maximum atomic E-state index is 6.93. The zero-order chi connectivity index (χ0) is 37.5. The van der Waals surface area contributed by atoms with Crippen molar-refractivity contribution >= 4 is 75.3 Å². The van der Waals surface area contributed by atoms with Crippen LogP contribution in [0.2, 0.25) is 0 Å². The maximum absolute atomic E-state index is 6.93. The lowest BCUT2D eigenvalue weighted by molar-refractivity contribution is 0.671. The molecule has 6 heteroatoms. The van der Waals surface area contributed by atoms with Crippen molar-refractivity contribution in [2.24, 2.45) is 0 Å². The molecule has 0 bridgehead atoms. The Hall–Kier alpha value is -7.41. The first-order valence-electron chi connectivity index (χ1n) is 19.0. The molecule has 4 heterocycles. The second kappa shape index (κ2) is 12.6. The van der Waals surface area contributed by atoms with Crippen LogP contribution in [0, 0.1) is 0 Å². The average Bonchev–Trinajstić information content (AvgIpc) is 3.96. The molecule has 57 heavy (non-hydrogen) atoms. The van der Waals surface area contributed by atoms with E-state index in [0.29, 0.717) is 17.5 Å². The smallest absolute Gasteiger partial charge is 0.164 e. The molecule has 12 rings (SSSR count). The minimum atomic E-state index is 0.593. The van der Waals surface area contributed by atoms with Gasteiger partial charge in [0.25, 0.3) is 0 Å². The third-order valence-electron chi connectivity index (χ3n) is 11.1. The van der Waals surface area contributed by atoms with Gasteiger partial charge in [0.2, 0.25) is 0 Å². The van der Waals surface area contributed by atoms with Crippen molar-refractivity contribution in [1.82, 2.24) is 19.5 Å². The van der Waals surface area contributed by atoms with Gasteiger partial charge in [0.15, 0.2) is 23.1 Å². The van der Waals surface area contributed by atoms with Crippen LogP contribution >= 0.6 is 11.3 Å². The van der Waals surface area contributed by atoms with Crippen molar-refractivity contribution < 1.29 is 4.42 Å². The normalized spacial score (nSPS) is 11.9. The number of nitrogens with zero attached hydrogens (tertiary/aromatic N) is 4. The first-order chi connectivity index (χ1) is 28.2. The van der Waals surface area contributed by atoms with E-state index >= 15 is 0 Å². The monoisotopic (exact) mass is 746 g/mol. The highest BCUT2D eigenvalue weighted by Crippen LogP contribution is 2.42. The van der Waals surface area contributed by atoms with Gasteiger partial charge in [-0.05, 0) is 59.7 Å². The predicted molar refractivity (Wildman–Crippen MR) is 236 cm³/mol. The molecule has 0 saturated carbocycles. The number of benzene rings is 8. The summed E-state index contributed by atoms with van der Waals surface area (Å²) in [7, 11) is 0.